The summed E-state index contributed by atoms with van der Waals surface area (Å²) in [5, 5.41) is 10.4. The highest BCUT2D eigenvalue weighted by atomic mass is 19.1. The Morgan fingerprint density at radius 3 is 3.15 bits per heavy atom. The first-order valence-corrected chi connectivity index (χ1v) is 8.96. The van der Waals surface area contributed by atoms with Crippen molar-refractivity contribution in [2.75, 3.05) is 11.9 Å². The number of halogens is 1. The van der Waals surface area contributed by atoms with Crippen LogP contribution in [-0.4, -0.2) is 33.2 Å². The smallest absolute Gasteiger partial charge is 0.256 e. The minimum Gasteiger partial charge on any atom is -0.489 e. The molecule has 0 fully saturated rings. The monoisotopic (exact) mass is 367 g/mol. The summed E-state index contributed by atoms with van der Waals surface area (Å²) in [6, 6.07) is 4.60. The van der Waals surface area contributed by atoms with Gasteiger partial charge in [-0.25, -0.2) is 13.9 Å². The van der Waals surface area contributed by atoms with E-state index in [0.29, 0.717) is 36.4 Å². The molecule has 1 amide bonds. The van der Waals surface area contributed by atoms with Crippen molar-refractivity contribution < 1.29 is 13.9 Å². The van der Waals surface area contributed by atoms with Crippen LogP contribution in [0.15, 0.2) is 30.6 Å². The van der Waals surface area contributed by atoms with E-state index in [0.717, 1.165) is 16.9 Å². The number of hydrogen-bond acceptors (Lipinski definition) is 5. The number of ether oxygens (including phenoxy) is 1. The van der Waals surface area contributed by atoms with Gasteiger partial charge in [0.05, 0.1) is 12.2 Å². The maximum Gasteiger partial charge on any atom is 0.256 e. The maximum absolute atomic E-state index is 14.2. The average molecular weight is 367 g/mol. The van der Waals surface area contributed by atoms with E-state index in [2.05, 4.69) is 20.7 Å². The first-order valence-electron chi connectivity index (χ1n) is 8.96. The average Bonchev–Trinajstić information content (AvgIpc) is 3.23. The van der Waals surface area contributed by atoms with Gasteiger partial charge in [0.1, 0.15) is 29.1 Å². The summed E-state index contributed by atoms with van der Waals surface area (Å²) in [5.41, 5.74) is 2.53. The number of carbonyl (C=O) groups is 1. The number of hydrogen-bond donors (Lipinski definition) is 2. The van der Waals surface area contributed by atoms with Crippen LogP contribution in [0.1, 0.15) is 40.9 Å². The number of rotatable bonds is 0. The lowest BCUT2D eigenvalue weighted by Crippen LogP contribution is -2.28. The Balaban J connectivity index is 1.62. The van der Waals surface area contributed by atoms with Crippen LogP contribution < -0.4 is 15.4 Å². The molecular formula is C19H18FN5O2. The van der Waals surface area contributed by atoms with Gasteiger partial charge < -0.3 is 15.4 Å². The van der Waals surface area contributed by atoms with Crippen molar-refractivity contribution in [2.24, 2.45) is 0 Å². The van der Waals surface area contributed by atoms with E-state index in [1.807, 2.05) is 6.92 Å². The third-order valence-electron chi connectivity index (χ3n) is 5.09. The molecule has 0 saturated heterocycles. The first-order chi connectivity index (χ1) is 13.1. The molecule has 4 heterocycles. The van der Waals surface area contributed by atoms with Gasteiger partial charge >= 0.3 is 0 Å². The second-order valence-electron chi connectivity index (χ2n) is 6.98. The molecule has 3 aromatic rings. The van der Waals surface area contributed by atoms with Crippen LogP contribution in [-0.2, 0) is 6.42 Å². The van der Waals surface area contributed by atoms with Crippen LogP contribution in [0.2, 0.25) is 0 Å². The summed E-state index contributed by atoms with van der Waals surface area (Å²) in [7, 11) is 0. The fraction of sp³-hybridized carbons (Fsp3) is 0.316. The third-order valence-corrected chi connectivity index (χ3v) is 5.09. The number of fused-ring (bicyclic) bond motifs is 2. The Kier molecular flexibility index (Phi) is 3.53. The highest BCUT2D eigenvalue weighted by Gasteiger charge is 2.29. The Morgan fingerprint density at radius 1 is 1.37 bits per heavy atom. The highest BCUT2D eigenvalue weighted by molar-refractivity contribution is 5.99. The number of benzene rings is 1. The summed E-state index contributed by atoms with van der Waals surface area (Å²) in [6.07, 6.45) is 4.44. The van der Waals surface area contributed by atoms with Crippen molar-refractivity contribution in [3.8, 4) is 5.75 Å². The van der Waals surface area contributed by atoms with Crippen molar-refractivity contribution >= 4 is 17.4 Å². The van der Waals surface area contributed by atoms with Crippen molar-refractivity contribution in [3.63, 3.8) is 0 Å². The van der Waals surface area contributed by atoms with Crippen LogP contribution in [0.5, 0.6) is 5.75 Å². The molecule has 0 unspecified atom stereocenters. The van der Waals surface area contributed by atoms with E-state index < -0.39 is 0 Å². The lowest BCUT2D eigenvalue weighted by atomic mass is 10.0. The zero-order valence-electron chi connectivity index (χ0n) is 14.7. The third kappa shape index (κ3) is 2.68. The van der Waals surface area contributed by atoms with E-state index in [1.54, 1.807) is 16.8 Å². The molecule has 138 valence electrons. The molecule has 27 heavy (non-hydrogen) atoms. The summed E-state index contributed by atoms with van der Waals surface area (Å²) in [4.78, 5) is 17.0. The topological polar surface area (TPSA) is 80.5 Å². The van der Waals surface area contributed by atoms with Gasteiger partial charge in [0.15, 0.2) is 5.65 Å². The van der Waals surface area contributed by atoms with E-state index >= 15 is 0 Å². The molecule has 2 aromatic heterocycles. The van der Waals surface area contributed by atoms with Crippen LogP contribution in [0.4, 0.5) is 10.2 Å². The molecule has 7 nitrogen and oxygen atoms in total. The number of nitrogens with one attached hydrogen (secondary N) is 2. The lowest BCUT2D eigenvalue weighted by molar-refractivity contribution is 0.0949. The number of carbonyl (C=O) groups excluding carboxylic acids is 1. The minimum absolute atomic E-state index is 0.0841. The second-order valence-corrected chi connectivity index (χ2v) is 6.98. The molecule has 0 saturated carbocycles. The number of aromatic nitrogens is 3. The quantitative estimate of drug-likeness (QED) is 0.638. The molecular weight excluding hydrogens is 349 g/mol. The number of anilines is 1. The zero-order valence-corrected chi connectivity index (χ0v) is 14.7. The van der Waals surface area contributed by atoms with Crippen LogP contribution >= 0.6 is 0 Å². The molecule has 8 heteroatoms. The molecule has 4 bridgehead atoms. The standard InChI is InChI=1S/C19H18FN5O2/c1-10-14-8-12(20)6-11-7-13(27-17(11)14)2-4-21-19(26)15-9-22-25-5-3-16(23-10)24-18(15)25/h3,5-6,8-10,13H,2,4,7H2,1H3,(H,21,26)(H,23,24)/t10-,13+/m1/s1. The van der Waals surface area contributed by atoms with Gasteiger partial charge in [-0.1, -0.05) is 0 Å². The zero-order chi connectivity index (χ0) is 18.5. The van der Waals surface area contributed by atoms with Crippen LogP contribution in [0.25, 0.3) is 5.65 Å². The van der Waals surface area contributed by atoms with Crippen molar-refractivity contribution in [1.29, 1.82) is 0 Å². The van der Waals surface area contributed by atoms with E-state index in [-0.39, 0.29) is 23.9 Å². The molecule has 2 aliphatic rings. The number of nitrogens with zero attached hydrogens (tertiary/aromatic N) is 3. The number of amides is 1. The SMILES string of the molecule is C[C@H]1Nc2ccn3ncc(c3n2)C(=O)NCC[C@H]2Cc3cc(F)cc1c3O2. The van der Waals surface area contributed by atoms with Gasteiger partial charge in [-0.05, 0) is 25.1 Å². The predicted octanol–water partition coefficient (Wildman–Crippen LogP) is 2.48. The Morgan fingerprint density at radius 2 is 2.26 bits per heavy atom. The van der Waals surface area contributed by atoms with Crippen molar-refractivity contribution in [2.45, 2.75) is 31.9 Å². The van der Waals surface area contributed by atoms with E-state index in [4.69, 9.17) is 4.74 Å². The maximum atomic E-state index is 14.2. The molecule has 5 rings (SSSR count). The minimum atomic E-state index is -0.277. The summed E-state index contributed by atoms with van der Waals surface area (Å²) >= 11 is 0. The van der Waals surface area contributed by atoms with Gasteiger partial charge in [0.2, 0.25) is 0 Å². The molecule has 2 atom stereocenters. The van der Waals surface area contributed by atoms with Gasteiger partial charge in [-0.3, -0.25) is 4.79 Å². The highest BCUT2D eigenvalue weighted by Crippen LogP contribution is 2.38. The van der Waals surface area contributed by atoms with Crippen molar-refractivity contribution in [3.05, 3.63) is 53.1 Å². The lowest BCUT2D eigenvalue weighted by Gasteiger charge is -2.19. The van der Waals surface area contributed by atoms with Crippen LogP contribution in [0, 0.1) is 5.82 Å². The van der Waals surface area contributed by atoms with Gasteiger partial charge in [0.25, 0.3) is 5.91 Å². The van der Waals surface area contributed by atoms with Gasteiger partial charge in [-0.2, -0.15) is 5.10 Å². The molecule has 1 aromatic carbocycles. The summed E-state index contributed by atoms with van der Waals surface area (Å²) in [6.45, 7) is 2.40. The summed E-state index contributed by atoms with van der Waals surface area (Å²) < 4.78 is 21.8. The summed E-state index contributed by atoms with van der Waals surface area (Å²) in [5.74, 6) is 0.813. The Hall–Kier alpha value is -3.16. The molecule has 2 N–H and O–H groups in total. The first kappa shape index (κ1) is 16.0. The van der Waals surface area contributed by atoms with E-state index in [9.17, 15) is 9.18 Å². The Labute approximate surface area is 154 Å². The predicted molar refractivity (Wildman–Crippen MR) is 96.5 cm³/mol. The largest absolute Gasteiger partial charge is 0.489 e. The fourth-order valence-electron chi connectivity index (χ4n) is 3.76. The molecule has 0 aliphatic carbocycles. The van der Waals surface area contributed by atoms with E-state index in [1.165, 1.54) is 18.3 Å². The molecule has 0 radical (unpaired) electrons. The van der Waals surface area contributed by atoms with Gasteiger partial charge in [0, 0.05) is 36.7 Å². The van der Waals surface area contributed by atoms with Crippen LogP contribution in [0.3, 0.4) is 0 Å². The van der Waals surface area contributed by atoms with Gasteiger partial charge in [-0.15, -0.1) is 0 Å². The van der Waals surface area contributed by atoms with Crippen molar-refractivity contribution in [1.82, 2.24) is 19.9 Å². The second kappa shape index (κ2) is 5.94. The molecule has 2 aliphatic heterocycles. The molecule has 0 spiro atoms. The Bertz CT molecular complexity index is 1060. The normalized spacial score (nSPS) is 21.5. The fourth-order valence-corrected chi connectivity index (χ4v) is 3.76.